The van der Waals surface area contributed by atoms with Crippen molar-refractivity contribution in [2.75, 3.05) is 57.8 Å². The van der Waals surface area contributed by atoms with Crippen LogP contribution >= 0.6 is 23.2 Å². The van der Waals surface area contributed by atoms with Crippen LogP contribution in [0, 0.1) is 0 Å². The van der Waals surface area contributed by atoms with Crippen molar-refractivity contribution in [3.63, 3.8) is 0 Å². The number of amides is 2. The number of carbonyl (C=O) groups is 2. The van der Waals surface area contributed by atoms with Gasteiger partial charge in [-0.05, 0) is 32.5 Å². The van der Waals surface area contributed by atoms with E-state index in [1.807, 2.05) is 6.92 Å². The number of nitrogens with zero attached hydrogens (tertiary/aromatic N) is 2. The van der Waals surface area contributed by atoms with Crippen molar-refractivity contribution >= 4 is 40.7 Å². The lowest BCUT2D eigenvalue weighted by molar-refractivity contribution is -0.124. The van der Waals surface area contributed by atoms with E-state index < -0.39 is 0 Å². The monoisotopic (exact) mass is 444 g/mol. The second-order valence-electron chi connectivity index (χ2n) is 7.64. The molecule has 1 saturated heterocycles. The van der Waals surface area contributed by atoms with Gasteiger partial charge in [-0.3, -0.25) is 19.4 Å². The molecule has 9 heteroatoms. The van der Waals surface area contributed by atoms with E-state index in [1.165, 1.54) is 0 Å². The number of benzene rings is 1. The van der Waals surface area contributed by atoms with Crippen LogP contribution in [0.15, 0.2) is 18.2 Å². The first-order chi connectivity index (χ1) is 13.7. The third kappa shape index (κ3) is 7.42. The Hall–Kier alpha value is -1.38. The van der Waals surface area contributed by atoms with E-state index in [9.17, 15) is 9.59 Å². The summed E-state index contributed by atoms with van der Waals surface area (Å²) in [5.41, 5.74) is 0.225. The summed E-state index contributed by atoms with van der Waals surface area (Å²) < 4.78 is 5.39. The summed E-state index contributed by atoms with van der Waals surface area (Å²) >= 11 is 12.2. The zero-order chi connectivity index (χ0) is 21.4. The Morgan fingerprint density at radius 3 is 2.31 bits per heavy atom. The first-order valence-electron chi connectivity index (χ1n) is 9.78. The lowest BCUT2D eigenvalue weighted by Crippen LogP contribution is -2.56. The largest absolute Gasteiger partial charge is 0.379 e. The summed E-state index contributed by atoms with van der Waals surface area (Å²) in [5, 5.41) is 6.45. The van der Waals surface area contributed by atoms with Crippen LogP contribution in [0.25, 0.3) is 0 Å². The quantitative estimate of drug-likeness (QED) is 0.611. The van der Waals surface area contributed by atoms with Crippen molar-refractivity contribution in [2.24, 2.45) is 0 Å². The molecule has 1 aliphatic rings. The van der Waals surface area contributed by atoms with Crippen LogP contribution in [0.3, 0.4) is 0 Å². The molecule has 1 aliphatic heterocycles. The zero-order valence-corrected chi connectivity index (χ0v) is 18.8. The first kappa shape index (κ1) is 23.9. The Labute approximate surface area is 182 Å². The number of para-hydroxylation sites is 1. The standard InChI is InChI=1S/C20H30Cl2N4O3/c1-4-25(13-18(28)24-19-15(21)6-5-7-16(19)22)12-17(27)23-14-20(2,3)26-8-10-29-11-9-26/h5-7H,4,8-14H2,1-3H3,(H,23,27)(H,24,28). The van der Waals surface area contributed by atoms with Crippen molar-refractivity contribution < 1.29 is 14.3 Å². The van der Waals surface area contributed by atoms with E-state index in [1.54, 1.807) is 23.1 Å². The van der Waals surface area contributed by atoms with Crippen molar-refractivity contribution in [1.82, 2.24) is 15.1 Å². The Morgan fingerprint density at radius 1 is 1.14 bits per heavy atom. The molecule has 1 aromatic rings. The fraction of sp³-hybridized carbons (Fsp3) is 0.600. The molecule has 2 N–H and O–H groups in total. The highest BCUT2D eigenvalue weighted by atomic mass is 35.5. The minimum Gasteiger partial charge on any atom is -0.379 e. The van der Waals surface area contributed by atoms with Gasteiger partial charge in [-0.1, -0.05) is 36.2 Å². The molecule has 0 atom stereocenters. The molecule has 1 heterocycles. The molecule has 0 bridgehead atoms. The van der Waals surface area contributed by atoms with E-state index in [2.05, 4.69) is 29.4 Å². The highest BCUT2D eigenvalue weighted by Gasteiger charge is 2.28. The number of anilines is 1. The maximum atomic E-state index is 12.4. The summed E-state index contributed by atoms with van der Waals surface area (Å²) in [6, 6.07) is 5.02. The van der Waals surface area contributed by atoms with Gasteiger partial charge >= 0.3 is 0 Å². The van der Waals surface area contributed by atoms with Crippen LogP contribution in [0.1, 0.15) is 20.8 Å². The molecule has 2 amide bonds. The number of morpholine rings is 1. The molecular weight excluding hydrogens is 415 g/mol. The van der Waals surface area contributed by atoms with E-state index in [4.69, 9.17) is 27.9 Å². The third-order valence-corrected chi connectivity index (χ3v) is 5.62. The maximum absolute atomic E-state index is 12.4. The first-order valence-corrected chi connectivity index (χ1v) is 10.5. The molecule has 29 heavy (non-hydrogen) atoms. The molecule has 1 aromatic carbocycles. The predicted molar refractivity (Wildman–Crippen MR) is 117 cm³/mol. The molecular formula is C20H30Cl2N4O3. The maximum Gasteiger partial charge on any atom is 0.238 e. The molecule has 0 aromatic heterocycles. The van der Waals surface area contributed by atoms with E-state index in [0.717, 1.165) is 13.1 Å². The molecule has 162 valence electrons. The number of ether oxygens (including phenoxy) is 1. The fourth-order valence-corrected chi connectivity index (χ4v) is 3.63. The van der Waals surface area contributed by atoms with Crippen molar-refractivity contribution in [3.05, 3.63) is 28.2 Å². The van der Waals surface area contributed by atoms with Crippen LogP contribution in [-0.2, 0) is 14.3 Å². The van der Waals surface area contributed by atoms with Crippen LogP contribution in [0.5, 0.6) is 0 Å². The third-order valence-electron chi connectivity index (χ3n) is 4.99. The van der Waals surface area contributed by atoms with Gasteiger partial charge in [0.2, 0.25) is 11.8 Å². The van der Waals surface area contributed by atoms with Gasteiger partial charge in [-0.25, -0.2) is 0 Å². The fourth-order valence-electron chi connectivity index (χ4n) is 3.13. The number of halogens is 2. The van der Waals surface area contributed by atoms with Gasteiger partial charge < -0.3 is 15.4 Å². The summed E-state index contributed by atoms with van der Waals surface area (Å²) in [5.74, 6) is -0.389. The second-order valence-corrected chi connectivity index (χ2v) is 8.45. The number of hydrogen-bond donors (Lipinski definition) is 2. The molecule has 0 aliphatic carbocycles. The lowest BCUT2D eigenvalue weighted by Gasteiger charge is -2.41. The number of nitrogens with one attached hydrogen (secondary N) is 2. The van der Waals surface area contributed by atoms with Crippen molar-refractivity contribution in [3.8, 4) is 0 Å². The van der Waals surface area contributed by atoms with Gasteiger partial charge in [0.15, 0.2) is 0 Å². The smallest absolute Gasteiger partial charge is 0.238 e. The predicted octanol–water partition coefficient (Wildman–Crippen LogP) is 2.48. The molecule has 1 fully saturated rings. The zero-order valence-electron chi connectivity index (χ0n) is 17.3. The average molecular weight is 445 g/mol. The highest BCUT2D eigenvalue weighted by Crippen LogP contribution is 2.29. The molecule has 0 spiro atoms. The number of carbonyl (C=O) groups excluding carboxylic acids is 2. The Morgan fingerprint density at radius 2 is 1.72 bits per heavy atom. The van der Waals surface area contributed by atoms with E-state index in [0.29, 0.717) is 42.0 Å². The van der Waals surface area contributed by atoms with E-state index in [-0.39, 0.29) is 30.4 Å². The van der Waals surface area contributed by atoms with Gasteiger partial charge in [-0.15, -0.1) is 0 Å². The lowest BCUT2D eigenvalue weighted by atomic mass is 10.0. The molecule has 2 rings (SSSR count). The van der Waals surface area contributed by atoms with Gasteiger partial charge in [-0.2, -0.15) is 0 Å². The van der Waals surface area contributed by atoms with Gasteiger partial charge in [0.05, 0.1) is 42.0 Å². The summed E-state index contributed by atoms with van der Waals surface area (Å²) in [6.07, 6.45) is 0. The minimum absolute atomic E-state index is 0.0678. The Balaban J connectivity index is 1.82. The van der Waals surface area contributed by atoms with Gasteiger partial charge in [0.25, 0.3) is 0 Å². The van der Waals surface area contributed by atoms with Crippen molar-refractivity contribution in [1.29, 1.82) is 0 Å². The van der Waals surface area contributed by atoms with Crippen LogP contribution in [0.2, 0.25) is 10.0 Å². The van der Waals surface area contributed by atoms with Crippen LogP contribution in [0.4, 0.5) is 5.69 Å². The molecule has 0 saturated carbocycles. The average Bonchev–Trinajstić information content (AvgIpc) is 2.69. The minimum atomic E-state index is -0.275. The highest BCUT2D eigenvalue weighted by molar-refractivity contribution is 6.39. The Kier molecular flexibility index (Phi) is 9.17. The summed E-state index contributed by atoms with van der Waals surface area (Å²) in [6.45, 7) is 10.6. The second kappa shape index (κ2) is 11.1. The normalized spacial score (nSPS) is 15.4. The molecule has 7 nitrogen and oxygen atoms in total. The van der Waals surface area contributed by atoms with Crippen LogP contribution < -0.4 is 10.6 Å². The SMILES string of the molecule is CCN(CC(=O)NCC(C)(C)N1CCOCC1)CC(=O)Nc1c(Cl)cccc1Cl. The van der Waals surface area contributed by atoms with Crippen molar-refractivity contribution in [2.45, 2.75) is 26.3 Å². The topological polar surface area (TPSA) is 73.9 Å². The van der Waals surface area contributed by atoms with E-state index >= 15 is 0 Å². The summed E-state index contributed by atoms with van der Waals surface area (Å²) in [4.78, 5) is 28.9. The summed E-state index contributed by atoms with van der Waals surface area (Å²) in [7, 11) is 0. The number of rotatable bonds is 9. The number of likely N-dealkylation sites (N-methyl/N-ethyl adjacent to an activating group) is 1. The molecule has 0 unspecified atom stereocenters. The van der Waals surface area contributed by atoms with Gasteiger partial charge in [0.1, 0.15) is 0 Å². The Bertz CT molecular complexity index is 689. The van der Waals surface area contributed by atoms with Gasteiger partial charge in [0, 0.05) is 25.2 Å². The van der Waals surface area contributed by atoms with Crippen LogP contribution in [-0.4, -0.2) is 79.6 Å². The molecule has 0 radical (unpaired) electrons. The number of hydrogen-bond acceptors (Lipinski definition) is 5.